The maximum Gasteiger partial charge on any atom is 0.331 e. The van der Waals surface area contributed by atoms with Crippen LogP contribution in [0.1, 0.15) is 86.0 Å². The molecule has 0 aromatic rings. The van der Waals surface area contributed by atoms with Crippen molar-refractivity contribution in [3.05, 3.63) is 11.6 Å². The van der Waals surface area contributed by atoms with Crippen molar-refractivity contribution < 1.29 is 19.2 Å². The zero-order chi connectivity index (χ0) is 22.2. The topological polar surface area (TPSA) is 65.0 Å². The Morgan fingerprint density at radius 2 is 1.84 bits per heavy atom. The quantitative estimate of drug-likeness (QED) is 0.198. The Balaban J connectivity index is 1.40. The van der Waals surface area contributed by atoms with Crippen molar-refractivity contribution in [3.8, 4) is 0 Å². The van der Waals surface area contributed by atoms with Gasteiger partial charge in [0.15, 0.2) is 0 Å². The summed E-state index contributed by atoms with van der Waals surface area (Å²) < 4.78 is 5.58. The van der Waals surface area contributed by atoms with E-state index >= 15 is 0 Å². The molecular weight excluding hydrogens is 390 g/mol. The van der Waals surface area contributed by atoms with Gasteiger partial charge >= 0.3 is 11.9 Å². The van der Waals surface area contributed by atoms with Gasteiger partial charge in [-0.3, -0.25) is 4.79 Å². The lowest BCUT2D eigenvalue weighted by molar-refractivity contribution is -0.148. The van der Waals surface area contributed by atoms with Crippen LogP contribution >= 0.6 is 0 Å². The third-order valence-electron chi connectivity index (χ3n) is 10.4. The van der Waals surface area contributed by atoms with Gasteiger partial charge < -0.3 is 9.57 Å². The molecule has 5 aliphatic carbocycles. The minimum Gasteiger partial charge on any atom is -0.462 e. The number of hydrogen-bond donors (Lipinski definition) is 0. The molecule has 4 fully saturated rings. The fourth-order valence-electron chi connectivity index (χ4n) is 8.96. The van der Waals surface area contributed by atoms with Crippen molar-refractivity contribution >= 4 is 17.7 Å². The SMILES string of the molecule is CC(=O)O/N=C(/C)[C@@]12C[C@@H]1C[C@H]1[C@H]3CC=C4C[C@@H](OC(C)=O)CC[C@]4(C)[C@@H]3CC[C@@]12C. The Bertz CT molecular complexity index is 877. The minimum absolute atomic E-state index is 0.0600. The molecule has 170 valence electrons. The Morgan fingerprint density at radius 1 is 1.06 bits per heavy atom. The molecule has 5 rings (SSSR count). The van der Waals surface area contributed by atoms with Gasteiger partial charge in [0.1, 0.15) is 6.10 Å². The molecule has 0 bridgehead atoms. The molecule has 8 atom stereocenters. The largest absolute Gasteiger partial charge is 0.462 e. The number of carbonyl (C=O) groups is 2. The molecular formula is C26H37NO4. The standard InChI is InChI=1S/C26H37NO4/c1-15(27-31-17(3)29)26-14-19(26)13-23-21-7-6-18-12-20(30-16(2)28)8-10-24(18,4)22(21)9-11-25(23,26)5/h6,19-23H,7-14H2,1-5H3/b27-15-/t19-,20-,21-,22+,23-,24-,25-,26-/m0/s1. The van der Waals surface area contributed by atoms with Gasteiger partial charge in [0, 0.05) is 25.7 Å². The number of esters is 1. The summed E-state index contributed by atoms with van der Waals surface area (Å²) in [6.45, 7) is 10.0. The molecule has 0 heterocycles. The van der Waals surface area contributed by atoms with Crippen LogP contribution in [-0.2, 0) is 19.2 Å². The van der Waals surface area contributed by atoms with E-state index in [0.717, 1.165) is 43.2 Å². The van der Waals surface area contributed by atoms with E-state index in [4.69, 9.17) is 9.57 Å². The second-order valence-corrected chi connectivity index (χ2v) is 11.6. The summed E-state index contributed by atoms with van der Waals surface area (Å²) in [5, 5.41) is 4.28. The number of allylic oxidation sites excluding steroid dienone is 1. The third-order valence-corrected chi connectivity index (χ3v) is 10.4. The number of rotatable bonds is 3. The summed E-state index contributed by atoms with van der Waals surface area (Å²) >= 11 is 0. The molecule has 0 spiro atoms. The molecule has 0 amide bonds. The summed E-state index contributed by atoms with van der Waals surface area (Å²) in [4.78, 5) is 27.9. The van der Waals surface area contributed by atoms with Gasteiger partial charge in [-0.1, -0.05) is 30.7 Å². The number of oxime groups is 1. The van der Waals surface area contributed by atoms with E-state index in [0.29, 0.717) is 11.8 Å². The van der Waals surface area contributed by atoms with Crippen LogP contribution in [0, 0.1) is 39.9 Å². The number of fused-ring (bicyclic) bond motifs is 7. The van der Waals surface area contributed by atoms with Gasteiger partial charge in [0.05, 0.1) is 5.71 Å². The lowest BCUT2D eigenvalue weighted by Gasteiger charge is -2.59. The fraction of sp³-hybridized carbons (Fsp3) is 0.808. The first-order valence-electron chi connectivity index (χ1n) is 12.2. The highest BCUT2D eigenvalue weighted by Crippen LogP contribution is 2.80. The molecule has 0 aromatic carbocycles. The summed E-state index contributed by atoms with van der Waals surface area (Å²) in [5.74, 6) is 2.37. The van der Waals surface area contributed by atoms with E-state index in [1.165, 1.54) is 39.5 Å². The van der Waals surface area contributed by atoms with Crippen molar-refractivity contribution in [2.75, 3.05) is 0 Å². The van der Waals surface area contributed by atoms with Crippen molar-refractivity contribution in [3.63, 3.8) is 0 Å². The van der Waals surface area contributed by atoms with Gasteiger partial charge in [0.25, 0.3) is 0 Å². The summed E-state index contributed by atoms with van der Waals surface area (Å²) in [6, 6.07) is 0. The van der Waals surface area contributed by atoms with Crippen LogP contribution in [0.25, 0.3) is 0 Å². The van der Waals surface area contributed by atoms with E-state index in [1.54, 1.807) is 5.57 Å². The molecule has 4 saturated carbocycles. The number of nitrogens with zero attached hydrogens (tertiary/aromatic N) is 1. The van der Waals surface area contributed by atoms with Gasteiger partial charge in [0.2, 0.25) is 0 Å². The zero-order valence-corrected chi connectivity index (χ0v) is 19.7. The molecule has 31 heavy (non-hydrogen) atoms. The molecule has 5 heteroatoms. The summed E-state index contributed by atoms with van der Waals surface area (Å²) in [6.07, 6.45) is 11.8. The van der Waals surface area contributed by atoms with Crippen molar-refractivity contribution in [1.29, 1.82) is 0 Å². The van der Waals surface area contributed by atoms with E-state index in [-0.39, 0.29) is 34.3 Å². The van der Waals surface area contributed by atoms with Gasteiger partial charge in [-0.2, -0.15) is 0 Å². The number of carbonyl (C=O) groups excluding carboxylic acids is 2. The first kappa shape index (κ1) is 21.2. The fourth-order valence-corrected chi connectivity index (χ4v) is 8.96. The van der Waals surface area contributed by atoms with Crippen LogP contribution in [-0.4, -0.2) is 23.8 Å². The van der Waals surface area contributed by atoms with Crippen molar-refractivity contribution in [1.82, 2.24) is 0 Å². The molecule has 0 saturated heterocycles. The van der Waals surface area contributed by atoms with Crippen molar-refractivity contribution in [2.45, 2.75) is 92.1 Å². The Morgan fingerprint density at radius 3 is 2.55 bits per heavy atom. The minimum atomic E-state index is -0.335. The van der Waals surface area contributed by atoms with E-state index in [2.05, 4.69) is 32.0 Å². The highest BCUT2D eigenvalue weighted by Gasteiger charge is 2.76. The molecule has 0 unspecified atom stereocenters. The monoisotopic (exact) mass is 427 g/mol. The highest BCUT2D eigenvalue weighted by molar-refractivity contribution is 5.92. The Kier molecular flexibility index (Phi) is 4.74. The average molecular weight is 428 g/mol. The van der Waals surface area contributed by atoms with Gasteiger partial charge in [-0.25, -0.2) is 4.79 Å². The van der Waals surface area contributed by atoms with E-state index in [9.17, 15) is 9.59 Å². The Hall–Kier alpha value is -1.65. The van der Waals surface area contributed by atoms with Crippen LogP contribution in [0.3, 0.4) is 0 Å². The lowest BCUT2D eigenvalue weighted by atomic mass is 9.46. The normalized spacial score (nSPS) is 47.8. The molecule has 0 aliphatic heterocycles. The first-order chi connectivity index (χ1) is 14.6. The highest BCUT2D eigenvalue weighted by atomic mass is 16.7. The summed E-state index contributed by atoms with van der Waals surface area (Å²) in [7, 11) is 0. The molecule has 5 nitrogen and oxygen atoms in total. The third kappa shape index (κ3) is 2.90. The van der Waals surface area contributed by atoms with Crippen LogP contribution in [0.4, 0.5) is 0 Å². The van der Waals surface area contributed by atoms with E-state index in [1.807, 2.05) is 0 Å². The average Bonchev–Trinajstić information content (AvgIpc) is 3.38. The Labute approximate surface area is 186 Å². The maximum atomic E-state index is 11.5. The van der Waals surface area contributed by atoms with Crippen LogP contribution < -0.4 is 0 Å². The summed E-state index contributed by atoms with van der Waals surface area (Å²) in [5.41, 5.74) is 3.22. The predicted octanol–water partition coefficient (Wildman–Crippen LogP) is 5.44. The molecule has 5 aliphatic rings. The second-order valence-electron chi connectivity index (χ2n) is 11.6. The zero-order valence-electron chi connectivity index (χ0n) is 19.7. The predicted molar refractivity (Wildman–Crippen MR) is 118 cm³/mol. The van der Waals surface area contributed by atoms with Crippen LogP contribution in [0.15, 0.2) is 16.8 Å². The van der Waals surface area contributed by atoms with Gasteiger partial charge in [-0.15, -0.1) is 0 Å². The van der Waals surface area contributed by atoms with Gasteiger partial charge in [-0.05, 0) is 86.4 Å². The molecule has 0 aromatic heterocycles. The lowest BCUT2D eigenvalue weighted by Crippen LogP contribution is -2.52. The van der Waals surface area contributed by atoms with Crippen LogP contribution in [0.5, 0.6) is 0 Å². The van der Waals surface area contributed by atoms with E-state index < -0.39 is 0 Å². The smallest absolute Gasteiger partial charge is 0.331 e. The molecule has 0 radical (unpaired) electrons. The maximum absolute atomic E-state index is 11.5. The van der Waals surface area contributed by atoms with Crippen LogP contribution in [0.2, 0.25) is 0 Å². The number of ether oxygens (including phenoxy) is 1. The molecule has 0 N–H and O–H groups in total. The number of hydrogen-bond acceptors (Lipinski definition) is 5. The second kappa shape index (κ2) is 6.92. The van der Waals surface area contributed by atoms with Crippen molar-refractivity contribution in [2.24, 2.45) is 45.1 Å². The first-order valence-corrected chi connectivity index (χ1v) is 12.2.